The normalized spacial score (nSPS) is 20.8. The van der Waals surface area contributed by atoms with E-state index in [1.165, 1.54) is 73.1 Å². The van der Waals surface area contributed by atoms with E-state index < -0.39 is 8.07 Å². The van der Waals surface area contributed by atoms with Crippen molar-refractivity contribution in [3.63, 3.8) is 0 Å². The summed E-state index contributed by atoms with van der Waals surface area (Å²) in [6.45, 7) is 11.2. The van der Waals surface area contributed by atoms with Crippen molar-refractivity contribution in [2.45, 2.75) is 50.4 Å². The van der Waals surface area contributed by atoms with E-state index in [2.05, 4.69) is 153 Å². The van der Waals surface area contributed by atoms with Crippen LogP contribution >= 0.6 is 0 Å². The topological polar surface area (TPSA) is 3.24 Å². The first-order valence-corrected chi connectivity index (χ1v) is 18.9. The Morgan fingerprint density at radius 2 is 1.40 bits per heavy atom. The first-order valence-electron chi connectivity index (χ1n) is 15.9. The van der Waals surface area contributed by atoms with E-state index in [1.54, 1.807) is 0 Å². The van der Waals surface area contributed by atoms with Crippen molar-refractivity contribution in [2.24, 2.45) is 0 Å². The van der Waals surface area contributed by atoms with Gasteiger partial charge in [0.1, 0.15) is 0 Å². The van der Waals surface area contributed by atoms with Crippen molar-refractivity contribution >= 4 is 42.4 Å². The Hall–Kier alpha value is -4.14. The number of benzene rings is 5. The molecule has 0 radical (unpaired) electrons. The molecule has 3 aliphatic rings. The first-order chi connectivity index (χ1) is 20.9. The molecule has 5 aromatic carbocycles. The molecule has 2 heteroatoms. The summed E-state index contributed by atoms with van der Waals surface area (Å²) in [7, 11) is -2.27. The van der Waals surface area contributed by atoms with Crippen molar-refractivity contribution in [1.29, 1.82) is 0 Å². The van der Waals surface area contributed by atoms with Crippen LogP contribution in [0, 0.1) is 0 Å². The summed E-state index contributed by atoms with van der Waals surface area (Å²) >= 11 is 0. The first kappa shape index (κ1) is 26.5. The van der Waals surface area contributed by atoms with Gasteiger partial charge in [-0.3, -0.25) is 0 Å². The molecule has 0 saturated carbocycles. The molecule has 212 valence electrons. The number of nitrogens with zero attached hydrogens (tertiary/aromatic N) is 1. The lowest BCUT2D eigenvalue weighted by Gasteiger charge is -2.50. The molecule has 0 fully saturated rings. The van der Waals surface area contributed by atoms with Crippen LogP contribution in [0.25, 0.3) is 22.9 Å². The molecule has 2 atom stereocenters. The molecule has 0 spiro atoms. The molecule has 0 aromatic heterocycles. The largest absolute Gasteiger partial charge is 0.341 e. The van der Waals surface area contributed by atoms with Crippen LogP contribution in [-0.4, -0.2) is 14.6 Å². The molecule has 1 heterocycles. The molecule has 8 rings (SSSR count). The highest BCUT2D eigenvalue weighted by atomic mass is 28.3. The Kier molecular flexibility index (Phi) is 5.97. The average Bonchev–Trinajstić information content (AvgIpc) is 3.54. The third-order valence-electron chi connectivity index (χ3n) is 10.9. The highest BCUT2D eigenvalue weighted by molar-refractivity contribution is 6.84. The Balaban J connectivity index is 1.36. The van der Waals surface area contributed by atoms with Gasteiger partial charge in [-0.1, -0.05) is 133 Å². The quantitative estimate of drug-likeness (QED) is 0.193. The number of fused-ring (bicyclic) bond motifs is 4. The molecule has 0 saturated heterocycles. The van der Waals surface area contributed by atoms with E-state index in [0.29, 0.717) is 5.54 Å². The van der Waals surface area contributed by atoms with Crippen molar-refractivity contribution in [2.75, 3.05) is 11.4 Å². The van der Waals surface area contributed by atoms with Gasteiger partial charge in [-0.25, -0.2) is 0 Å². The maximum atomic E-state index is 2.67. The second-order valence-electron chi connectivity index (χ2n) is 13.4. The molecular weight excluding hydrogens is 535 g/mol. The summed E-state index contributed by atoms with van der Waals surface area (Å²) in [5.41, 5.74) is 14.9. The van der Waals surface area contributed by atoms with E-state index in [9.17, 15) is 0 Å². The molecule has 43 heavy (non-hydrogen) atoms. The van der Waals surface area contributed by atoms with E-state index in [4.69, 9.17) is 0 Å². The monoisotopic (exact) mass is 573 g/mol. The molecule has 0 amide bonds. The molecule has 1 aliphatic heterocycles. The molecular formula is C41H39NSi. The zero-order valence-corrected chi connectivity index (χ0v) is 26.7. The van der Waals surface area contributed by atoms with Gasteiger partial charge >= 0.3 is 0 Å². The predicted molar refractivity (Wildman–Crippen MR) is 187 cm³/mol. The number of aryl methyl sites for hydroxylation is 1. The fourth-order valence-electron chi connectivity index (χ4n) is 9.36. The lowest BCUT2D eigenvalue weighted by Crippen LogP contribution is -2.57. The van der Waals surface area contributed by atoms with Crippen molar-refractivity contribution in [3.05, 3.63) is 154 Å². The third-order valence-corrected chi connectivity index (χ3v) is 15.9. The van der Waals surface area contributed by atoms with E-state index in [0.717, 1.165) is 13.0 Å². The van der Waals surface area contributed by atoms with Gasteiger partial charge < -0.3 is 4.90 Å². The summed E-state index contributed by atoms with van der Waals surface area (Å²) in [5.74, 6) is 0. The van der Waals surface area contributed by atoms with E-state index in [-0.39, 0.29) is 5.04 Å². The second kappa shape index (κ2) is 9.69. The Morgan fingerprint density at radius 3 is 2.30 bits per heavy atom. The maximum absolute atomic E-state index is 2.67. The summed E-state index contributed by atoms with van der Waals surface area (Å²) < 4.78 is 0. The van der Waals surface area contributed by atoms with Crippen LogP contribution < -0.4 is 4.90 Å². The lowest BCUT2D eigenvalue weighted by atomic mass is 9.84. The van der Waals surface area contributed by atoms with Gasteiger partial charge in [-0.2, -0.15) is 0 Å². The van der Waals surface area contributed by atoms with Crippen LogP contribution in [0.3, 0.4) is 0 Å². The van der Waals surface area contributed by atoms with Gasteiger partial charge in [0.2, 0.25) is 0 Å². The molecule has 1 nitrogen and oxygen atoms in total. The Bertz CT molecular complexity index is 1970. The molecule has 0 N–H and O–H groups in total. The van der Waals surface area contributed by atoms with Crippen molar-refractivity contribution in [1.82, 2.24) is 0 Å². The number of hydrogen-bond donors (Lipinski definition) is 0. The standard InChI is InChI=1S/C41H39NSi/c1-28-26-35-34(20-12-24-39(35)42-25-13-18-31-15-7-10-23-38(31)42)40(28)43(3,4)41(29(2)27-32-16-6-9-21-36(32)41)37-22-11-17-30-14-5-8-19-33(30)37/h5-12,14-17,19-24,26-27,40H,13,18,25H2,1-4H3. The summed E-state index contributed by atoms with van der Waals surface area (Å²) in [6, 6.07) is 41.4. The smallest absolute Gasteiger partial charge is 0.0815 e. The fraction of sp³-hybridized carbons (Fsp3) is 0.220. The minimum Gasteiger partial charge on any atom is -0.341 e. The van der Waals surface area contributed by atoms with Gasteiger partial charge in [0.05, 0.1) is 8.07 Å². The zero-order chi connectivity index (χ0) is 29.3. The van der Waals surface area contributed by atoms with Crippen LogP contribution in [0.1, 0.15) is 59.2 Å². The summed E-state index contributed by atoms with van der Waals surface area (Å²) in [4.78, 5) is 2.59. The molecule has 0 bridgehead atoms. The predicted octanol–water partition coefficient (Wildman–Crippen LogP) is 10.6. The van der Waals surface area contributed by atoms with Gasteiger partial charge in [-0.05, 0) is 77.4 Å². The Labute approximate surface area is 257 Å². The van der Waals surface area contributed by atoms with Gasteiger partial charge in [0.15, 0.2) is 0 Å². The zero-order valence-electron chi connectivity index (χ0n) is 25.7. The maximum Gasteiger partial charge on any atom is 0.0815 e. The molecule has 2 aliphatic carbocycles. The van der Waals surface area contributed by atoms with Gasteiger partial charge in [0, 0.05) is 34.1 Å². The number of rotatable bonds is 4. The number of allylic oxidation sites excluding steroid dienone is 2. The van der Waals surface area contributed by atoms with Crippen molar-refractivity contribution < 1.29 is 0 Å². The second-order valence-corrected chi connectivity index (χ2v) is 18.2. The number of anilines is 2. The summed E-state index contributed by atoms with van der Waals surface area (Å²) in [6.07, 6.45) is 7.38. The minimum absolute atomic E-state index is 0.153. The summed E-state index contributed by atoms with van der Waals surface area (Å²) in [5, 5.41) is 2.56. The molecule has 2 unspecified atom stereocenters. The van der Waals surface area contributed by atoms with Gasteiger partial charge in [-0.15, -0.1) is 0 Å². The highest BCUT2D eigenvalue weighted by Crippen LogP contribution is 2.60. The lowest BCUT2D eigenvalue weighted by molar-refractivity contribution is 0.766. The third kappa shape index (κ3) is 3.63. The molecule has 5 aromatic rings. The van der Waals surface area contributed by atoms with Crippen molar-refractivity contribution in [3.8, 4) is 0 Å². The van der Waals surface area contributed by atoms with Crippen LogP contribution in [0.15, 0.2) is 120 Å². The minimum atomic E-state index is -2.27. The van der Waals surface area contributed by atoms with Crippen LogP contribution in [-0.2, 0) is 11.5 Å². The van der Waals surface area contributed by atoms with Crippen LogP contribution in [0.4, 0.5) is 11.4 Å². The van der Waals surface area contributed by atoms with Gasteiger partial charge in [0.25, 0.3) is 0 Å². The van der Waals surface area contributed by atoms with E-state index in [1.807, 2.05) is 0 Å². The van der Waals surface area contributed by atoms with E-state index >= 15 is 0 Å². The SMILES string of the molecule is CC1=Cc2c(cccc2N2CCCc3ccccc32)C1[Si](C)(C)C1(c2cccc3ccccc23)C(C)=Cc2ccccc21. The number of hydrogen-bond acceptors (Lipinski definition) is 1. The average molecular weight is 574 g/mol. The van der Waals surface area contributed by atoms with Crippen LogP contribution in [0.2, 0.25) is 13.1 Å². The fourth-order valence-corrected chi connectivity index (χ4v) is 15.0. The van der Waals surface area contributed by atoms with Crippen LogP contribution in [0.5, 0.6) is 0 Å². The number of para-hydroxylation sites is 1. The highest BCUT2D eigenvalue weighted by Gasteiger charge is 2.58. The Morgan fingerprint density at radius 1 is 0.698 bits per heavy atom.